The molecule has 0 saturated carbocycles. The van der Waals surface area contributed by atoms with E-state index in [1.165, 1.54) is 19.3 Å². The maximum absolute atomic E-state index is 12.8. The third-order valence-corrected chi connectivity index (χ3v) is 5.00. The second-order valence-electron chi connectivity index (χ2n) is 6.66. The second-order valence-corrected chi connectivity index (χ2v) is 6.66. The molecule has 0 spiro atoms. The van der Waals surface area contributed by atoms with Gasteiger partial charge in [0.05, 0.1) is 6.04 Å². The highest BCUT2D eigenvalue weighted by Gasteiger charge is 2.27. The van der Waals surface area contributed by atoms with Gasteiger partial charge >= 0.3 is 0 Å². The normalized spacial score (nSPS) is 19.7. The molecule has 24 heavy (non-hydrogen) atoms. The molecule has 1 amide bonds. The molecule has 0 aliphatic carbocycles. The Morgan fingerprint density at radius 1 is 1.08 bits per heavy atom. The fourth-order valence-corrected chi connectivity index (χ4v) is 3.55. The lowest BCUT2D eigenvalue weighted by atomic mass is 10.0. The quantitative estimate of drug-likeness (QED) is 0.895. The summed E-state index contributed by atoms with van der Waals surface area (Å²) in [4.78, 5) is 15.1. The number of likely N-dealkylation sites (tertiary alicyclic amines) is 1. The molecule has 0 bridgehead atoms. The van der Waals surface area contributed by atoms with E-state index in [4.69, 9.17) is 0 Å². The van der Waals surface area contributed by atoms with Gasteiger partial charge in [-0.1, -0.05) is 55.0 Å². The molecule has 1 saturated heterocycles. The average Bonchev–Trinajstić information content (AvgIpc) is 2.63. The van der Waals surface area contributed by atoms with Crippen molar-refractivity contribution in [3.8, 4) is 11.1 Å². The molecule has 3 rings (SSSR count). The molecule has 2 aromatic carbocycles. The maximum atomic E-state index is 12.8. The molecule has 0 aromatic heterocycles. The first-order valence-electron chi connectivity index (χ1n) is 8.88. The first-order valence-corrected chi connectivity index (χ1v) is 8.88. The summed E-state index contributed by atoms with van der Waals surface area (Å²) >= 11 is 0. The number of hydrogen-bond donors (Lipinski definition) is 1. The SMILES string of the molecule is C[C@@H]1CCCCN1[C@H](C)C(=O)Nc1ccccc1-c1ccccc1. The molecule has 2 atom stereocenters. The van der Waals surface area contributed by atoms with Crippen LogP contribution in [0.2, 0.25) is 0 Å². The number of amides is 1. The van der Waals surface area contributed by atoms with Crippen LogP contribution in [0.15, 0.2) is 54.6 Å². The standard InChI is InChI=1S/C21H26N2O/c1-16-10-8-9-15-23(16)17(2)21(24)22-20-14-7-6-13-19(20)18-11-4-3-5-12-18/h3-7,11-14,16-17H,8-10,15H2,1-2H3,(H,22,24)/t16-,17-/m1/s1. The summed E-state index contributed by atoms with van der Waals surface area (Å²) in [5.41, 5.74) is 3.06. The molecule has 126 valence electrons. The van der Waals surface area contributed by atoms with E-state index < -0.39 is 0 Å². The first-order chi connectivity index (χ1) is 11.7. The summed E-state index contributed by atoms with van der Waals surface area (Å²) in [5.74, 6) is 0.0760. The monoisotopic (exact) mass is 322 g/mol. The van der Waals surface area contributed by atoms with Gasteiger partial charge in [0.1, 0.15) is 0 Å². The maximum Gasteiger partial charge on any atom is 0.241 e. The molecule has 1 aliphatic heterocycles. The van der Waals surface area contributed by atoms with Crippen molar-refractivity contribution in [2.45, 2.75) is 45.2 Å². The summed E-state index contributed by atoms with van der Waals surface area (Å²) in [7, 11) is 0. The van der Waals surface area contributed by atoms with Crippen LogP contribution in [0.1, 0.15) is 33.1 Å². The van der Waals surface area contributed by atoms with E-state index in [2.05, 4.69) is 35.3 Å². The van der Waals surface area contributed by atoms with E-state index in [0.29, 0.717) is 6.04 Å². The van der Waals surface area contributed by atoms with Crippen LogP contribution in [-0.4, -0.2) is 29.4 Å². The average molecular weight is 322 g/mol. The van der Waals surface area contributed by atoms with Gasteiger partial charge < -0.3 is 5.32 Å². The van der Waals surface area contributed by atoms with E-state index in [1.807, 2.05) is 43.3 Å². The summed E-state index contributed by atoms with van der Waals surface area (Å²) in [6.45, 7) is 5.25. The topological polar surface area (TPSA) is 32.3 Å². The Hall–Kier alpha value is -2.13. The van der Waals surface area contributed by atoms with E-state index in [9.17, 15) is 4.79 Å². The molecule has 2 aromatic rings. The van der Waals surface area contributed by atoms with Crippen molar-refractivity contribution < 1.29 is 4.79 Å². The van der Waals surface area contributed by atoms with Crippen LogP contribution < -0.4 is 5.32 Å². The van der Waals surface area contributed by atoms with Crippen molar-refractivity contribution in [1.82, 2.24) is 4.90 Å². The van der Waals surface area contributed by atoms with Gasteiger partial charge in [-0.05, 0) is 44.9 Å². The lowest BCUT2D eigenvalue weighted by molar-refractivity contribution is -0.122. The van der Waals surface area contributed by atoms with Crippen LogP contribution >= 0.6 is 0 Å². The number of nitrogens with zero attached hydrogens (tertiary/aromatic N) is 1. The molecule has 3 heteroatoms. The molecule has 3 nitrogen and oxygen atoms in total. The van der Waals surface area contributed by atoms with E-state index >= 15 is 0 Å². The zero-order valence-corrected chi connectivity index (χ0v) is 14.5. The zero-order valence-electron chi connectivity index (χ0n) is 14.5. The van der Waals surface area contributed by atoms with Crippen molar-refractivity contribution in [2.75, 3.05) is 11.9 Å². The summed E-state index contributed by atoms with van der Waals surface area (Å²) in [6.07, 6.45) is 3.63. The Labute approximate surface area is 144 Å². The van der Waals surface area contributed by atoms with E-state index in [1.54, 1.807) is 0 Å². The van der Waals surface area contributed by atoms with Gasteiger partial charge in [0.2, 0.25) is 5.91 Å². The van der Waals surface area contributed by atoms with Crippen molar-refractivity contribution in [2.24, 2.45) is 0 Å². The fourth-order valence-electron chi connectivity index (χ4n) is 3.55. The Bertz CT molecular complexity index is 683. The highest BCUT2D eigenvalue weighted by Crippen LogP contribution is 2.28. The minimum Gasteiger partial charge on any atom is -0.324 e. The van der Waals surface area contributed by atoms with Gasteiger partial charge in [-0.25, -0.2) is 0 Å². The van der Waals surface area contributed by atoms with Gasteiger partial charge in [0.15, 0.2) is 0 Å². The second kappa shape index (κ2) is 7.63. The zero-order chi connectivity index (χ0) is 16.9. The minimum atomic E-state index is -0.107. The smallest absolute Gasteiger partial charge is 0.241 e. The van der Waals surface area contributed by atoms with Gasteiger partial charge in [0, 0.05) is 17.3 Å². The minimum absolute atomic E-state index is 0.0760. The van der Waals surface area contributed by atoms with Crippen molar-refractivity contribution in [3.63, 3.8) is 0 Å². The number of nitrogens with one attached hydrogen (secondary N) is 1. The molecular formula is C21H26N2O. The third-order valence-electron chi connectivity index (χ3n) is 5.00. The van der Waals surface area contributed by atoms with Gasteiger partial charge in [0.25, 0.3) is 0 Å². The van der Waals surface area contributed by atoms with Crippen LogP contribution in [0.25, 0.3) is 11.1 Å². The Morgan fingerprint density at radius 3 is 2.54 bits per heavy atom. The Morgan fingerprint density at radius 2 is 1.79 bits per heavy atom. The largest absolute Gasteiger partial charge is 0.324 e. The van der Waals surface area contributed by atoms with Crippen molar-refractivity contribution in [1.29, 1.82) is 0 Å². The summed E-state index contributed by atoms with van der Waals surface area (Å²) < 4.78 is 0. The van der Waals surface area contributed by atoms with Crippen molar-refractivity contribution in [3.05, 3.63) is 54.6 Å². The van der Waals surface area contributed by atoms with Crippen LogP contribution in [0.4, 0.5) is 5.69 Å². The number of anilines is 1. The highest BCUT2D eigenvalue weighted by atomic mass is 16.2. The molecule has 0 radical (unpaired) electrons. The molecular weight excluding hydrogens is 296 g/mol. The molecule has 1 N–H and O–H groups in total. The number of piperidine rings is 1. The van der Waals surface area contributed by atoms with Crippen LogP contribution in [0, 0.1) is 0 Å². The predicted octanol–water partition coefficient (Wildman–Crippen LogP) is 4.56. The van der Waals surface area contributed by atoms with Gasteiger partial charge in [-0.3, -0.25) is 9.69 Å². The van der Waals surface area contributed by atoms with Crippen LogP contribution in [0.5, 0.6) is 0 Å². The predicted molar refractivity (Wildman–Crippen MR) is 100.0 cm³/mol. The number of hydrogen-bond acceptors (Lipinski definition) is 2. The number of carbonyl (C=O) groups excluding carboxylic acids is 1. The number of rotatable bonds is 4. The van der Waals surface area contributed by atoms with Gasteiger partial charge in [-0.15, -0.1) is 0 Å². The number of benzene rings is 2. The lowest BCUT2D eigenvalue weighted by Crippen LogP contribution is -2.48. The lowest BCUT2D eigenvalue weighted by Gasteiger charge is -2.37. The van der Waals surface area contributed by atoms with Crippen LogP contribution in [0.3, 0.4) is 0 Å². The van der Waals surface area contributed by atoms with Crippen molar-refractivity contribution >= 4 is 11.6 Å². The molecule has 0 unspecified atom stereocenters. The molecule has 1 aliphatic rings. The highest BCUT2D eigenvalue weighted by molar-refractivity contribution is 5.98. The van der Waals surface area contributed by atoms with E-state index in [-0.39, 0.29) is 11.9 Å². The Balaban J connectivity index is 1.77. The van der Waals surface area contributed by atoms with Gasteiger partial charge in [-0.2, -0.15) is 0 Å². The third kappa shape index (κ3) is 3.68. The fraction of sp³-hybridized carbons (Fsp3) is 0.381. The molecule has 1 heterocycles. The number of carbonyl (C=O) groups is 1. The summed E-state index contributed by atoms with van der Waals surface area (Å²) in [6, 6.07) is 18.6. The van der Waals surface area contributed by atoms with E-state index in [0.717, 1.165) is 23.4 Å². The van der Waals surface area contributed by atoms with Crippen LogP contribution in [-0.2, 0) is 4.79 Å². The number of para-hydroxylation sites is 1. The Kier molecular flexibility index (Phi) is 5.31. The molecule has 1 fully saturated rings. The summed E-state index contributed by atoms with van der Waals surface area (Å²) in [5, 5.41) is 3.15. The first kappa shape index (κ1) is 16.7.